The van der Waals surface area contributed by atoms with Crippen molar-refractivity contribution in [2.24, 2.45) is 0 Å². The first-order valence-corrected chi connectivity index (χ1v) is 8.80. The van der Waals surface area contributed by atoms with Crippen LogP contribution in [-0.4, -0.2) is 21.0 Å². The van der Waals surface area contributed by atoms with E-state index in [-0.39, 0.29) is 28.6 Å². The van der Waals surface area contributed by atoms with Crippen LogP contribution in [0.15, 0.2) is 53.4 Å². The molecular formula is C16H16ClNO4S. The molecule has 0 amide bonds. The molecule has 0 saturated heterocycles. The lowest BCUT2D eigenvalue weighted by Gasteiger charge is -2.10. The average molecular weight is 354 g/mol. The molecule has 0 radical (unpaired) electrons. The number of nitrogens with one attached hydrogen (secondary N) is 1. The zero-order valence-electron chi connectivity index (χ0n) is 12.5. The largest absolute Gasteiger partial charge is 0.462 e. The first kappa shape index (κ1) is 17.5. The van der Waals surface area contributed by atoms with Gasteiger partial charge in [-0.25, -0.2) is 17.9 Å². The predicted octanol–water partition coefficient (Wildman–Crippen LogP) is 3.00. The standard InChI is InChI=1S/C16H16ClNO4S/c1-2-22-16(19)13-8-9-14(17)15(10-13)23(20,21)18-11-12-6-4-3-5-7-12/h3-10,18H,2,11H2,1H3. The topological polar surface area (TPSA) is 72.5 Å². The molecule has 0 heterocycles. The third kappa shape index (κ3) is 4.54. The number of carbonyl (C=O) groups excluding carboxylic acids is 1. The molecule has 2 aromatic carbocycles. The SMILES string of the molecule is CCOC(=O)c1ccc(Cl)c(S(=O)(=O)NCc2ccccc2)c1. The Kier molecular flexibility index (Phi) is 5.76. The summed E-state index contributed by atoms with van der Waals surface area (Å²) in [7, 11) is -3.85. The monoisotopic (exact) mass is 353 g/mol. The van der Waals surface area contributed by atoms with Gasteiger partial charge in [0.25, 0.3) is 0 Å². The summed E-state index contributed by atoms with van der Waals surface area (Å²) in [5.41, 5.74) is 0.949. The molecule has 0 saturated carbocycles. The number of halogens is 1. The summed E-state index contributed by atoms with van der Waals surface area (Å²) in [5, 5.41) is 0.0404. The predicted molar refractivity (Wildman–Crippen MR) is 87.9 cm³/mol. The number of hydrogen-bond donors (Lipinski definition) is 1. The van der Waals surface area contributed by atoms with Crippen molar-refractivity contribution in [1.82, 2.24) is 4.72 Å². The molecule has 0 aromatic heterocycles. The first-order chi connectivity index (χ1) is 10.9. The minimum Gasteiger partial charge on any atom is -0.462 e. The van der Waals surface area contributed by atoms with E-state index in [0.29, 0.717) is 0 Å². The number of hydrogen-bond acceptors (Lipinski definition) is 4. The molecule has 0 bridgehead atoms. The Balaban J connectivity index is 2.24. The number of benzene rings is 2. The number of esters is 1. The van der Waals surface area contributed by atoms with E-state index >= 15 is 0 Å². The van der Waals surface area contributed by atoms with Crippen LogP contribution in [0.1, 0.15) is 22.8 Å². The maximum absolute atomic E-state index is 12.4. The van der Waals surface area contributed by atoms with E-state index < -0.39 is 16.0 Å². The smallest absolute Gasteiger partial charge is 0.338 e. The van der Waals surface area contributed by atoms with E-state index in [1.54, 1.807) is 19.1 Å². The van der Waals surface area contributed by atoms with Gasteiger partial charge >= 0.3 is 5.97 Å². The van der Waals surface area contributed by atoms with Gasteiger partial charge in [-0.3, -0.25) is 0 Å². The summed E-state index contributed by atoms with van der Waals surface area (Å²) >= 11 is 5.97. The zero-order valence-corrected chi connectivity index (χ0v) is 14.0. The summed E-state index contributed by atoms with van der Waals surface area (Å²) in [6, 6.07) is 13.1. The van der Waals surface area contributed by atoms with Crippen LogP contribution < -0.4 is 4.72 Å². The van der Waals surface area contributed by atoms with Crippen LogP contribution in [-0.2, 0) is 21.3 Å². The zero-order chi connectivity index (χ0) is 16.9. The molecule has 5 nitrogen and oxygen atoms in total. The van der Waals surface area contributed by atoms with Crippen LogP contribution in [0.3, 0.4) is 0 Å². The summed E-state index contributed by atoms with van der Waals surface area (Å²) < 4.78 is 32.2. The van der Waals surface area contributed by atoms with E-state index in [4.69, 9.17) is 16.3 Å². The van der Waals surface area contributed by atoms with Crippen molar-refractivity contribution in [3.63, 3.8) is 0 Å². The lowest BCUT2D eigenvalue weighted by atomic mass is 10.2. The van der Waals surface area contributed by atoms with Gasteiger partial charge < -0.3 is 4.74 Å². The highest BCUT2D eigenvalue weighted by atomic mass is 35.5. The van der Waals surface area contributed by atoms with Crippen LogP contribution in [0.4, 0.5) is 0 Å². The first-order valence-electron chi connectivity index (χ1n) is 6.94. The summed E-state index contributed by atoms with van der Waals surface area (Å²) in [6.45, 7) is 2.01. The number of sulfonamides is 1. The van der Waals surface area contributed by atoms with Crippen molar-refractivity contribution in [3.8, 4) is 0 Å². The van der Waals surface area contributed by atoms with Crippen molar-refractivity contribution in [2.45, 2.75) is 18.4 Å². The molecule has 0 unspecified atom stereocenters. The van der Waals surface area contributed by atoms with Crippen molar-refractivity contribution < 1.29 is 17.9 Å². The fourth-order valence-electron chi connectivity index (χ4n) is 1.90. The number of rotatable bonds is 6. The minimum atomic E-state index is -3.85. The van der Waals surface area contributed by atoms with Crippen molar-refractivity contribution in [3.05, 3.63) is 64.7 Å². The summed E-state index contributed by atoms with van der Waals surface area (Å²) in [6.07, 6.45) is 0. The molecule has 0 aliphatic heterocycles. The molecular weight excluding hydrogens is 338 g/mol. The van der Waals surface area contributed by atoms with Crippen LogP contribution >= 0.6 is 11.6 Å². The maximum Gasteiger partial charge on any atom is 0.338 e. The van der Waals surface area contributed by atoms with Gasteiger partial charge in [0.05, 0.1) is 17.2 Å². The highest BCUT2D eigenvalue weighted by Gasteiger charge is 2.20. The van der Waals surface area contributed by atoms with Crippen LogP contribution in [0.2, 0.25) is 5.02 Å². The van der Waals surface area contributed by atoms with Gasteiger partial charge in [-0.15, -0.1) is 0 Å². The van der Waals surface area contributed by atoms with Crippen molar-refractivity contribution in [2.75, 3.05) is 6.61 Å². The fraction of sp³-hybridized carbons (Fsp3) is 0.188. The summed E-state index contributed by atoms with van der Waals surface area (Å²) in [4.78, 5) is 11.6. The lowest BCUT2D eigenvalue weighted by molar-refractivity contribution is 0.0526. The Bertz CT molecular complexity index is 791. The molecule has 2 aromatic rings. The Morgan fingerprint density at radius 1 is 1.17 bits per heavy atom. The molecule has 0 aliphatic rings. The van der Waals surface area contributed by atoms with Crippen molar-refractivity contribution in [1.29, 1.82) is 0 Å². The van der Waals surface area contributed by atoms with Gasteiger partial charge in [-0.1, -0.05) is 41.9 Å². The molecule has 2 rings (SSSR count). The molecule has 122 valence electrons. The second-order valence-corrected chi connectivity index (χ2v) is 6.82. The van der Waals surface area contributed by atoms with E-state index in [9.17, 15) is 13.2 Å². The molecule has 0 spiro atoms. The molecule has 23 heavy (non-hydrogen) atoms. The highest BCUT2D eigenvalue weighted by Crippen LogP contribution is 2.23. The maximum atomic E-state index is 12.4. The third-order valence-electron chi connectivity index (χ3n) is 3.04. The Labute approximate surface area is 140 Å². The van der Waals surface area contributed by atoms with Gasteiger partial charge in [0, 0.05) is 6.54 Å². The van der Waals surface area contributed by atoms with Crippen LogP contribution in [0.25, 0.3) is 0 Å². The van der Waals surface area contributed by atoms with Gasteiger partial charge in [0.15, 0.2) is 0 Å². The quantitative estimate of drug-likeness (QED) is 0.810. The van der Waals surface area contributed by atoms with E-state index in [1.807, 2.05) is 18.2 Å². The average Bonchev–Trinajstić information content (AvgIpc) is 2.54. The molecule has 1 N–H and O–H groups in total. The Hall–Kier alpha value is -1.89. The summed E-state index contributed by atoms with van der Waals surface area (Å²) in [5.74, 6) is -0.594. The van der Waals surface area contributed by atoms with E-state index in [2.05, 4.69) is 4.72 Å². The molecule has 0 fully saturated rings. The van der Waals surface area contributed by atoms with Crippen LogP contribution in [0.5, 0.6) is 0 Å². The third-order valence-corrected chi connectivity index (χ3v) is 4.92. The molecule has 0 aliphatic carbocycles. The second-order valence-electron chi connectivity index (χ2n) is 4.68. The molecule has 0 atom stereocenters. The van der Waals surface area contributed by atoms with Crippen LogP contribution in [0, 0.1) is 0 Å². The molecule has 7 heteroatoms. The van der Waals surface area contributed by atoms with E-state index in [1.165, 1.54) is 18.2 Å². The highest BCUT2D eigenvalue weighted by molar-refractivity contribution is 7.89. The second kappa shape index (κ2) is 7.59. The minimum absolute atomic E-state index is 0.0404. The number of ether oxygens (including phenoxy) is 1. The normalized spacial score (nSPS) is 11.2. The van der Waals surface area contributed by atoms with Crippen molar-refractivity contribution >= 4 is 27.6 Å². The van der Waals surface area contributed by atoms with Gasteiger partial charge in [-0.2, -0.15) is 0 Å². The van der Waals surface area contributed by atoms with Gasteiger partial charge in [0.1, 0.15) is 4.90 Å². The van der Waals surface area contributed by atoms with Gasteiger partial charge in [0.2, 0.25) is 10.0 Å². The van der Waals surface area contributed by atoms with E-state index in [0.717, 1.165) is 5.56 Å². The van der Waals surface area contributed by atoms with Gasteiger partial charge in [-0.05, 0) is 30.7 Å². The Morgan fingerprint density at radius 2 is 1.87 bits per heavy atom. The fourth-order valence-corrected chi connectivity index (χ4v) is 3.44. The lowest BCUT2D eigenvalue weighted by Crippen LogP contribution is -2.24. The number of carbonyl (C=O) groups is 1. The Morgan fingerprint density at radius 3 is 2.52 bits per heavy atom.